The van der Waals surface area contributed by atoms with Crippen molar-refractivity contribution in [3.63, 3.8) is 0 Å². The highest BCUT2D eigenvalue weighted by Crippen LogP contribution is 2.32. The van der Waals surface area contributed by atoms with Crippen molar-refractivity contribution >= 4 is 17.7 Å². The molecule has 0 spiro atoms. The van der Waals surface area contributed by atoms with Gasteiger partial charge in [-0.3, -0.25) is 4.79 Å². The predicted molar refractivity (Wildman–Crippen MR) is 79.7 cm³/mol. The third-order valence-corrected chi connectivity index (χ3v) is 3.90. The first-order valence-electron chi connectivity index (χ1n) is 6.11. The zero-order valence-electron chi connectivity index (χ0n) is 11.3. The molecule has 20 heavy (non-hydrogen) atoms. The number of amides is 1. The van der Waals surface area contributed by atoms with Crippen molar-refractivity contribution in [3.05, 3.63) is 59.7 Å². The molecule has 4 heteroatoms. The van der Waals surface area contributed by atoms with Crippen LogP contribution in [0, 0.1) is 11.3 Å². The smallest absolute Gasteiger partial charge is 0.254 e. The Hall–Kier alpha value is -2.25. The first-order valence-corrected chi connectivity index (χ1v) is 6.93. The Bertz CT molecular complexity index is 674. The minimum absolute atomic E-state index is 0.0393. The molecule has 0 bridgehead atoms. The predicted octanol–water partition coefficient (Wildman–Crippen LogP) is 3.41. The molecule has 0 aliphatic heterocycles. The molecule has 2 aromatic carbocycles. The molecule has 0 radical (unpaired) electrons. The molecule has 2 aromatic rings. The zero-order chi connectivity index (χ0) is 14.5. The largest absolute Gasteiger partial charge is 0.345 e. The lowest BCUT2D eigenvalue weighted by atomic mass is 10.2. The van der Waals surface area contributed by atoms with Crippen LogP contribution < -0.4 is 0 Å². The van der Waals surface area contributed by atoms with Crippen molar-refractivity contribution in [3.8, 4) is 6.07 Å². The van der Waals surface area contributed by atoms with Gasteiger partial charge in [0.15, 0.2) is 0 Å². The topological polar surface area (TPSA) is 44.1 Å². The van der Waals surface area contributed by atoms with E-state index < -0.39 is 0 Å². The second-order valence-electron chi connectivity index (χ2n) is 4.41. The molecule has 0 unspecified atom stereocenters. The molecule has 100 valence electrons. The van der Waals surface area contributed by atoms with Crippen molar-refractivity contribution in [2.75, 3.05) is 14.1 Å². The summed E-state index contributed by atoms with van der Waals surface area (Å²) in [5.74, 6) is -0.0393. The van der Waals surface area contributed by atoms with Crippen molar-refractivity contribution in [2.45, 2.75) is 9.79 Å². The van der Waals surface area contributed by atoms with E-state index in [1.54, 1.807) is 31.1 Å². The van der Waals surface area contributed by atoms with E-state index in [9.17, 15) is 4.79 Å². The molecule has 3 nitrogen and oxygen atoms in total. The quantitative estimate of drug-likeness (QED) is 0.866. The Balaban J connectivity index is 2.40. The normalized spacial score (nSPS) is 9.85. The third-order valence-electron chi connectivity index (χ3n) is 2.75. The van der Waals surface area contributed by atoms with Crippen molar-refractivity contribution in [1.29, 1.82) is 5.26 Å². The number of rotatable bonds is 3. The lowest BCUT2D eigenvalue weighted by Gasteiger charge is -2.14. The molecule has 0 saturated carbocycles. The van der Waals surface area contributed by atoms with E-state index in [0.717, 1.165) is 9.79 Å². The van der Waals surface area contributed by atoms with Crippen LogP contribution in [0.5, 0.6) is 0 Å². The Morgan fingerprint density at radius 2 is 1.65 bits per heavy atom. The van der Waals surface area contributed by atoms with Gasteiger partial charge in [-0.25, -0.2) is 0 Å². The summed E-state index contributed by atoms with van der Waals surface area (Å²) in [7, 11) is 3.46. The Labute approximate surface area is 122 Å². The summed E-state index contributed by atoms with van der Waals surface area (Å²) in [6.45, 7) is 0. The number of carbonyl (C=O) groups is 1. The lowest BCUT2D eigenvalue weighted by molar-refractivity contribution is 0.0824. The summed E-state index contributed by atoms with van der Waals surface area (Å²) in [6.07, 6.45) is 0. The van der Waals surface area contributed by atoms with Gasteiger partial charge in [-0.05, 0) is 24.3 Å². The molecular weight excluding hydrogens is 268 g/mol. The van der Waals surface area contributed by atoms with Crippen molar-refractivity contribution in [1.82, 2.24) is 4.90 Å². The lowest BCUT2D eigenvalue weighted by Crippen LogP contribution is -2.22. The highest BCUT2D eigenvalue weighted by atomic mass is 32.2. The van der Waals surface area contributed by atoms with Crippen molar-refractivity contribution < 1.29 is 4.79 Å². The van der Waals surface area contributed by atoms with Gasteiger partial charge in [0.25, 0.3) is 5.91 Å². The molecule has 0 saturated heterocycles. The minimum atomic E-state index is -0.0393. The van der Waals surface area contributed by atoms with Gasteiger partial charge in [0.1, 0.15) is 6.07 Å². The van der Waals surface area contributed by atoms with Gasteiger partial charge in [0, 0.05) is 23.9 Å². The van der Waals surface area contributed by atoms with Crippen LogP contribution in [0.15, 0.2) is 58.3 Å². The first-order chi connectivity index (χ1) is 9.63. The average molecular weight is 282 g/mol. The van der Waals surface area contributed by atoms with Gasteiger partial charge in [0.2, 0.25) is 0 Å². The third kappa shape index (κ3) is 3.01. The van der Waals surface area contributed by atoms with E-state index in [-0.39, 0.29) is 5.91 Å². The Morgan fingerprint density at radius 1 is 1.05 bits per heavy atom. The number of carbonyl (C=O) groups excluding carboxylic acids is 1. The summed E-state index contributed by atoms with van der Waals surface area (Å²) in [5, 5.41) is 9.12. The number of benzene rings is 2. The molecule has 2 rings (SSSR count). The van der Waals surface area contributed by atoms with Gasteiger partial charge >= 0.3 is 0 Å². The van der Waals surface area contributed by atoms with Crippen LogP contribution in [0.3, 0.4) is 0 Å². The molecule has 0 atom stereocenters. The van der Waals surface area contributed by atoms with Gasteiger partial charge < -0.3 is 4.90 Å². The fourth-order valence-corrected chi connectivity index (χ4v) is 2.76. The Kier molecular flexibility index (Phi) is 4.44. The monoisotopic (exact) mass is 282 g/mol. The van der Waals surface area contributed by atoms with E-state index >= 15 is 0 Å². The van der Waals surface area contributed by atoms with Crippen LogP contribution in [0.1, 0.15) is 15.9 Å². The maximum absolute atomic E-state index is 12.2. The summed E-state index contributed by atoms with van der Waals surface area (Å²) < 4.78 is 0. The number of hydrogen-bond acceptors (Lipinski definition) is 3. The zero-order valence-corrected chi connectivity index (χ0v) is 12.1. The fraction of sp³-hybridized carbons (Fsp3) is 0.125. The standard InChI is InChI=1S/C16H14N2OS/c1-18(2)16(19)13-8-4-6-10-15(13)20-14-9-5-3-7-12(14)11-17/h3-10H,1-2H3. The van der Waals surface area contributed by atoms with Crippen LogP contribution in [0.25, 0.3) is 0 Å². The fourth-order valence-electron chi connectivity index (χ4n) is 1.74. The molecule has 1 amide bonds. The molecular formula is C16H14N2OS. The second-order valence-corrected chi connectivity index (χ2v) is 5.49. The SMILES string of the molecule is CN(C)C(=O)c1ccccc1Sc1ccccc1C#N. The molecule has 0 fully saturated rings. The summed E-state index contributed by atoms with van der Waals surface area (Å²) >= 11 is 1.44. The maximum Gasteiger partial charge on any atom is 0.254 e. The minimum Gasteiger partial charge on any atom is -0.345 e. The van der Waals surface area contributed by atoms with Crippen LogP contribution in [-0.2, 0) is 0 Å². The van der Waals surface area contributed by atoms with Crippen LogP contribution in [0.4, 0.5) is 0 Å². The number of nitriles is 1. The van der Waals surface area contributed by atoms with Gasteiger partial charge in [-0.1, -0.05) is 36.0 Å². The summed E-state index contributed by atoms with van der Waals surface area (Å²) in [5.41, 5.74) is 1.26. The molecule has 0 aliphatic rings. The van der Waals surface area contributed by atoms with E-state index in [2.05, 4.69) is 6.07 Å². The molecule has 0 aromatic heterocycles. The van der Waals surface area contributed by atoms with Crippen LogP contribution >= 0.6 is 11.8 Å². The van der Waals surface area contributed by atoms with E-state index in [0.29, 0.717) is 11.1 Å². The highest BCUT2D eigenvalue weighted by molar-refractivity contribution is 7.99. The highest BCUT2D eigenvalue weighted by Gasteiger charge is 2.14. The van der Waals surface area contributed by atoms with Gasteiger partial charge in [-0.2, -0.15) is 5.26 Å². The molecule has 0 N–H and O–H groups in total. The van der Waals surface area contributed by atoms with Crippen LogP contribution in [-0.4, -0.2) is 24.9 Å². The van der Waals surface area contributed by atoms with E-state index in [1.807, 2.05) is 36.4 Å². The van der Waals surface area contributed by atoms with Crippen LogP contribution in [0.2, 0.25) is 0 Å². The van der Waals surface area contributed by atoms with Gasteiger partial charge in [-0.15, -0.1) is 0 Å². The summed E-state index contributed by atoms with van der Waals surface area (Å²) in [4.78, 5) is 15.4. The molecule has 0 aliphatic carbocycles. The maximum atomic E-state index is 12.2. The molecule has 0 heterocycles. The number of hydrogen-bond donors (Lipinski definition) is 0. The first kappa shape index (κ1) is 14.2. The second kappa shape index (κ2) is 6.27. The van der Waals surface area contributed by atoms with E-state index in [4.69, 9.17) is 5.26 Å². The van der Waals surface area contributed by atoms with E-state index in [1.165, 1.54) is 11.8 Å². The summed E-state index contributed by atoms with van der Waals surface area (Å²) in [6, 6.07) is 17.0. The van der Waals surface area contributed by atoms with Gasteiger partial charge in [0.05, 0.1) is 11.1 Å². The Morgan fingerprint density at radius 3 is 2.30 bits per heavy atom. The van der Waals surface area contributed by atoms with Crippen molar-refractivity contribution in [2.24, 2.45) is 0 Å². The number of nitrogens with zero attached hydrogens (tertiary/aromatic N) is 2. The average Bonchev–Trinajstić information content (AvgIpc) is 2.47.